The van der Waals surface area contributed by atoms with Gasteiger partial charge in [-0.15, -0.1) is 0 Å². The highest BCUT2D eigenvalue weighted by molar-refractivity contribution is 7.92. The summed E-state index contributed by atoms with van der Waals surface area (Å²) in [6, 6.07) is 5.58. The Hall–Kier alpha value is -1.37. The average Bonchev–Trinajstić information content (AvgIpc) is 2.32. The number of nitrogens with zero attached hydrogens (tertiary/aromatic N) is 2. The normalized spacial score (nSPS) is 11.2. The van der Waals surface area contributed by atoms with Crippen LogP contribution < -0.4 is 4.72 Å². The molecule has 0 saturated carbocycles. The summed E-state index contributed by atoms with van der Waals surface area (Å²) < 4.78 is 26.2. The van der Waals surface area contributed by atoms with E-state index in [1.165, 1.54) is 36.7 Å². The zero-order chi connectivity index (χ0) is 13.2. The number of halogens is 2. The van der Waals surface area contributed by atoms with Crippen molar-refractivity contribution in [2.45, 2.75) is 4.90 Å². The zero-order valence-corrected chi connectivity index (χ0v) is 11.2. The SMILES string of the molecule is O=S(=O)(Nc1ccc(Cl)cn1)c1ccnc(Cl)c1. The molecule has 0 aromatic carbocycles. The first-order valence-corrected chi connectivity index (χ1v) is 6.97. The van der Waals surface area contributed by atoms with E-state index in [1.54, 1.807) is 0 Å². The van der Waals surface area contributed by atoms with Crippen molar-refractivity contribution in [2.24, 2.45) is 0 Å². The van der Waals surface area contributed by atoms with E-state index in [2.05, 4.69) is 14.7 Å². The monoisotopic (exact) mass is 303 g/mol. The van der Waals surface area contributed by atoms with E-state index in [0.717, 1.165) is 0 Å². The fourth-order valence-corrected chi connectivity index (χ4v) is 2.56. The van der Waals surface area contributed by atoms with Gasteiger partial charge in [-0.1, -0.05) is 23.2 Å². The number of rotatable bonds is 3. The largest absolute Gasteiger partial charge is 0.263 e. The van der Waals surface area contributed by atoms with E-state index in [-0.39, 0.29) is 15.9 Å². The van der Waals surface area contributed by atoms with Crippen LogP contribution in [0.2, 0.25) is 10.2 Å². The molecule has 1 N–H and O–H groups in total. The molecule has 0 aliphatic rings. The van der Waals surface area contributed by atoms with E-state index in [9.17, 15) is 8.42 Å². The van der Waals surface area contributed by atoms with Crippen molar-refractivity contribution in [3.63, 3.8) is 0 Å². The maximum Gasteiger partial charge on any atom is 0.263 e. The van der Waals surface area contributed by atoms with Crippen molar-refractivity contribution < 1.29 is 8.42 Å². The molecule has 0 aliphatic heterocycles. The van der Waals surface area contributed by atoms with Gasteiger partial charge in [-0.3, -0.25) is 4.72 Å². The first kappa shape index (κ1) is 13.1. The number of hydrogen-bond acceptors (Lipinski definition) is 4. The van der Waals surface area contributed by atoms with E-state index in [4.69, 9.17) is 23.2 Å². The van der Waals surface area contributed by atoms with Gasteiger partial charge in [0, 0.05) is 12.4 Å². The van der Waals surface area contributed by atoms with Crippen LogP contribution in [-0.2, 0) is 10.0 Å². The minimum absolute atomic E-state index is 0.0132. The molecule has 0 atom stereocenters. The molecule has 8 heteroatoms. The second kappa shape index (κ2) is 5.09. The molecule has 2 heterocycles. The van der Waals surface area contributed by atoms with E-state index in [0.29, 0.717) is 5.02 Å². The molecule has 0 bridgehead atoms. The van der Waals surface area contributed by atoms with Crippen molar-refractivity contribution in [3.8, 4) is 0 Å². The van der Waals surface area contributed by atoms with Gasteiger partial charge in [0.25, 0.3) is 10.0 Å². The quantitative estimate of drug-likeness (QED) is 0.885. The van der Waals surface area contributed by atoms with E-state index < -0.39 is 10.0 Å². The number of nitrogens with one attached hydrogen (secondary N) is 1. The van der Waals surface area contributed by atoms with Crippen molar-refractivity contribution >= 4 is 39.0 Å². The third kappa shape index (κ3) is 3.10. The molecule has 0 aliphatic carbocycles. The summed E-state index contributed by atoms with van der Waals surface area (Å²) in [6.45, 7) is 0. The Morgan fingerprint density at radius 1 is 1.11 bits per heavy atom. The van der Waals surface area contributed by atoms with Crippen LogP contribution >= 0.6 is 23.2 Å². The number of aromatic nitrogens is 2. The van der Waals surface area contributed by atoms with Crippen LogP contribution in [0.4, 0.5) is 5.82 Å². The molecular weight excluding hydrogens is 297 g/mol. The topological polar surface area (TPSA) is 72.0 Å². The van der Waals surface area contributed by atoms with Crippen LogP contribution in [0.5, 0.6) is 0 Å². The average molecular weight is 304 g/mol. The fraction of sp³-hybridized carbons (Fsp3) is 0. The van der Waals surface area contributed by atoms with E-state index in [1.807, 2.05) is 0 Å². The van der Waals surface area contributed by atoms with Gasteiger partial charge in [0.05, 0.1) is 9.92 Å². The van der Waals surface area contributed by atoms with Crippen molar-refractivity contribution in [1.82, 2.24) is 9.97 Å². The minimum atomic E-state index is -3.73. The van der Waals surface area contributed by atoms with Gasteiger partial charge < -0.3 is 0 Å². The Bertz CT molecular complexity index is 659. The molecular formula is C10H7Cl2N3O2S. The molecule has 2 aromatic heterocycles. The Morgan fingerprint density at radius 3 is 2.50 bits per heavy atom. The number of anilines is 1. The molecule has 2 rings (SSSR count). The van der Waals surface area contributed by atoms with Gasteiger partial charge in [0.15, 0.2) is 0 Å². The standard InChI is InChI=1S/C10H7Cl2N3O2S/c11-7-1-2-10(14-6-7)15-18(16,17)8-3-4-13-9(12)5-8/h1-6H,(H,14,15). The highest BCUT2D eigenvalue weighted by Crippen LogP contribution is 2.17. The van der Waals surface area contributed by atoms with Crippen LogP contribution in [0, 0.1) is 0 Å². The fourth-order valence-electron chi connectivity index (χ4n) is 1.18. The summed E-state index contributed by atoms with van der Waals surface area (Å²) >= 11 is 11.3. The lowest BCUT2D eigenvalue weighted by Crippen LogP contribution is -2.13. The van der Waals surface area contributed by atoms with Gasteiger partial charge >= 0.3 is 0 Å². The Labute approximate surface area is 114 Å². The minimum Gasteiger partial charge on any atom is -0.263 e. The summed E-state index contributed by atoms with van der Waals surface area (Å²) in [5.41, 5.74) is 0. The van der Waals surface area contributed by atoms with Gasteiger partial charge in [0.1, 0.15) is 11.0 Å². The lowest BCUT2D eigenvalue weighted by molar-refractivity contribution is 0.601. The molecule has 18 heavy (non-hydrogen) atoms. The molecule has 2 aromatic rings. The lowest BCUT2D eigenvalue weighted by Gasteiger charge is -2.07. The Morgan fingerprint density at radius 2 is 1.89 bits per heavy atom. The number of hydrogen-bond donors (Lipinski definition) is 1. The third-order valence-electron chi connectivity index (χ3n) is 1.97. The van der Waals surface area contributed by atoms with Gasteiger partial charge in [0.2, 0.25) is 0 Å². The molecule has 5 nitrogen and oxygen atoms in total. The number of sulfonamides is 1. The summed E-state index contributed by atoms with van der Waals surface area (Å²) in [5.74, 6) is 0.173. The van der Waals surface area contributed by atoms with E-state index >= 15 is 0 Å². The third-order valence-corrected chi connectivity index (χ3v) is 3.76. The highest BCUT2D eigenvalue weighted by atomic mass is 35.5. The van der Waals surface area contributed by atoms with Crippen LogP contribution in [0.25, 0.3) is 0 Å². The highest BCUT2D eigenvalue weighted by Gasteiger charge is 2.15. The maximum absolute atomic E-state index is 12.0. The van der Waals surface area contributed by atoms with Crippen molar-refractivity contribution in [2.75, 3.05) is 4.72 Å². The molecule has 0 saturated heterocycles. The predicted octanol–water partition coefficient (Wildman–Crippen LogP) is 2.58. The second-order valence-corrected chi connectivity index (χ2v) is 5.79. The molecule has 0 radical (unpaired) electrons. The molecule has 0 amide bonds. The van der Waals surface area contributed by atoms with Crippen LogP contribution in [-0.4, -0.2) is 18.4 Å². The summed E-state index contributed by atoms with van der Waals surface area (Å²) in [4.78, 5) is 7.57. The van der Waals surface area contributed by atoms with Crippen molar-refractivity contribution in [1.29, 1.82) is 0 Å². The van der Waals surface area contributed by atoms with Gasteiger partial charge in [-0.25, -0.2) is 18.4 Å². The van der Waals surface area contributed by atoms with Crippen LogP contribution in [0.3, 0.4) is 0 Å². The summed E-state index contributed by atoms with van der Waals surface area (Å²) in [5, 5.41) is 0.520. The van der Waals surface area contributed by atoms with Crippen LogP contribution in [0.1, 0.15) is 0 Å². The summed E-state index contributed by atoms with van der Waals surface area (Å²) in [6.07, 6.45) is 2.66. The maximum atomic E-state index is 12.0. The molecule has 94 valence electrons. The first-order valence-electron chi connectivity index (χ1n) is 4.73. The summed E-state index contributed by atoms with van der Waals surface area (Å²) in [7, 11) is -3.73. The van der Waals surface area contributed by atoms with Gasteiger partial charge in [-0.05, 0) is 24.3 Å². The smallest absolute Gasteiger partial charge is 0.263 e. The Balaban J connectivity index is 2.30. The predicted molar refractivity (Wildman–Crippen MR) is 69.3 cm³/mol. The molecule has 0 spiro atoms. The van der Waals surface area contributed by atoms with Crippen molar-refractivity contribution in [3.05, 3.63) is 46.8 Å². The van der Waals surface area contributed by atoms with Crippen LogP contribution in [0.15, 0.2) is 41.6 Å². The second-order valence-electron chi connectivity index (χ2n) is 3.28. The first-order chi connectivity index (χ1) is 8.47. The number of pyridine rings is 2. The van der Waals surface area contributed by atoms with Gasteiger partial charge in [-0.2, -0.15) is 0 Å². The zero-order valence-electron chi connectivity index (χ0n) is 8.84. The lowest BCUT2D eigenvalue weighted by atomic mass is 10.5. The molecule has 0 fully saturated rings. The Kier molecular flexibility index (Phi) is 3.70. The molecule has 0 unspecified atom stereocenters.